The van der Waals surface area contributed by atoms with Crippen LogP contribution in [0.1, 0.15) is 23.2 Å². The smallest absolute Gasteiger partial charge is 0.234 e. The second-order valence-electron chi connectivity index (χ2n) is 6.98. The van der Waals surface area contributed by atoms with Crippen molar-refractivity contribution < 1.29 is 9.53 Å². The minimum atomic E-state index is 0.0380. The number of hydrogen-bond acceptors (Lipinski definition) is 6. The normalized spacial score (nSPS) is 11.2. The molecule has 0 fully saturated rings. The third-order valence-corrected chi connectivity index (χ3v) is 6.67. The Bertz CT molecular complexity index is 1150. The van der Waals surface area contributed by atoms with E-state index in [1.165, 1.54) is 11.3 Å². The zero-order chi connectivity index (χ0) is 21.1. The van der Waals surface area contributed by atoms with Gasteiger partial charge in [-0.2, -0.15) is 5.10 Å². The lowest BCUT2D eigenvalue weighted by Gasteiger charge is -2.20. The summed E-state index contributed by atoms with van der Waals surface area (Å²) in [7, 11) is 0. The van der Waals surface area contributed by atoms with Crippen LogP contribution in [0.5, 0.6) is 5.75 Å². The fourth-order valence-corrected chi connectivity index (χ4v) is 5.10. The van der Waals surface area contributed by atoms with Gasteiger partial charge < -0.3 is 4.74 Å². The maximum atomic E-state index is 13.2. The predicted octanol–water partition coefficient (Wildman–Crippen LogP) is 4.85. The van der Waals surface area contributed by atoms with Gasteiger partial charge in [-0.1, -0.05) is 23.5 Å². The Kier molecular flexibility index (Phi) is 6.15. The first-order valence-electron chi connectivity index (χ1n) is 9.91. The van der Waals surface area contributed by atoms with Crippen LogP contribution in [0.2, 0.25) is 0 Å². The number of thiazole rings is 1. The van der Waals surface area contributed by atoms with Crippen molar-refractivity contribution in [3.05, 3.63) is 58.0 Å². The Morgan fingerprint density at radius 3 is 2.80 bits per heavy atom. The van der Waals surface area contributed by atoms with Gasteiger partial charge in [-0.05, 0) is 50.4 Å². The minimum absolute atomic E-state index is 0.0380. The van der Waals surface area contributed by atoms with E-state index >= 15 is 0 Å². The molecule has 0 bridgehead atoms. The Balaban J connectivity index is 1.65. The maximum absolute atomic E-state index is 13.2. The van der Waals surface area contributed by atoms with Gasteiger partial charge in [-0.25, -0.2) is 4.98 Å². The molecule has 0 N–H and O–H groups in total. The molecule has 0 spiro atoms. The van der Waals surface area contributed by atoms with Gasteiger partial charge in [0.1, 0.15) is 11.3 Å². The van der Waals surface area contributed by atoms with E-state index in [0.717, 1.165) is 32.2 Å². The molecule has 6 nitrogen and oxygen atoms in total. The number of anilines is 1. The van der Waals surface area contributed by atoms with Gasteiger partial charge >= 0.3 is 0 Å². The number of ether oxygens (including phenoxy) is 1. The summed E-state index contributed by atoms with van der Waals surface area (Å²) in [5.74, 6) is 0.790. The quantitative estimate of drug-likeness (QED) is 0.393. The largest absolute Gasteiger partial charge is 0.492 e. The number of nitrogens with zero attached hydrogens (tertiary/aromatic N) is 4. The molecule has 4 rings (SSSR count). The molecule has 0 aliphatic carbocycles. The number of fused-ring (bicyclic) bond motifs is 1. The van der Waals surface area contributed by atoms with Crippen molar-refractivity contribution in [2.45, 2.75) is 33.7 Å². The summed E-state index contributed by atoms with van der Waals surface area (Å²) in [6.07, 6.45) is 0.364. The lowest BCUT2D eigenvalue weighted by Crippen LogP contribution is -2.35. The van der Waals surface area contributed by atoms with E-state index in [1.807, 2.05) is 67.2 Å². The Hall–Kier alpha value is -2.71. The summed E-state index contributed by atoms with van der Waals surface area (Å²) in [5.41, 5.74) is 2.87. The van der Waals surface area contributed by atoms with Crippen LogP contribution in [0.3, 0.4) is 0 Å². The van der Waals surface area contributed by atoms with Crippen molar-refractivity contribution in [3.8, 4) is 5.75 Å². The van der Waals surface area contributed by atoms with Crippen LogP contribution in [-0.4, -0.2) is 33.8 Å². The van der Waals surface area contributed by atoms with Gasteiger partial charge in [-0.3, -0.25) is 14.4 Å². The molecular formula is C22H24N4O2S2. The van der Waals surface area contributed by atoms with Gasteiger partial charge in [0.05, 0.1) is 30.0 Å². The van der Waals surface area contributed by atoms with Crippen LogP contribution in [0, 0.1) is 13.8 Å². The summed E-state index contributed by atoms with van der Waals surface area (Å²) in [6, 6.07) is 11.9. The molecule has 0 unspecified atom stereocenters. The number of hydrogen-bond donors (Lipinski definition) is 0. The third-order valence-electron chi connectivity index (χ3n) is 4.75. The lowest BCUT2D eigenvalue weighted by molar-refractivity contribution is -0.118. The van der Waals surface area contributed by atoms with Crippen LogP contribution in [0.15, 0.2) is 41.8 Å². The van der Waals surface area contributed by atoms with Crippen LogP contribution in [0.4, 0.5) is 5.13 Å². The molecule has 0 saturated carbocycles. The molecule has 30 heavy (non-hydrogen) atoms. The molecule has 3 heterocycles. The van der Waals surface area contributed by atoms with E-state index in [4.69, 9.17) is 9.72 Å². The zero-order valence-electron chi connectivity index (χ0n) is 17.3. The van der Waals surface area contributed by atoms with E-state index in [1.54, 1.807) is 16.2 Å². The second kappa shape index (κ2) is 8.97. The van der Waals surface area contributed by atoms with Crippen molar-refractivity contribution in [1.29, 1.82) is 0 Å². The number of rotatable bonds is 8. The highest BCUT2D eigenvalue weighted by Crippen LogP contribution is 2.34. The zero-order valence-corrected chi connectivity index (χ0v) is 18.9. The number of para-hydroxylation sites is 1. The number of carbonyl (C=O) groups is 1. The lowest BCUT2D eigenvalue weighted by atomic mass is 10.3. The summed E-state index contributed by atoms with van der Waals surface area (Å²) in [5, 5.41) is 7.23. The number of amides is 1. The van der Waals surface area contributed by atoms with E-state index in [0.29, 0.717) is 31.2 Å². The maximum Gasteiger partial charge on any atom is 0.234 e. The van der Waals surface area contributed by atoms with Crippen LogP contribution >= 0.6 is 22.7 Å². The minimum Gasteiger partial charge on any atom is -0.492 e. The number of aromatic nitrogens is 3. The highest BCUT2D eigenvalue weighted by atomic mass is 32.1. The monoisotopic (exact) mass is 440 g/mol. The fraction of sp³-hybridized carbons (Fsp3) is 0.318. The van der Waals surface area contributed by atoms with Crippen molar-refractivity contribution in [2.75, 3.05) is 18.1 Å². The van der Waals surface area contributed by atoms with Gasteiger partial charge in [0.15, 0.2) is 5.13 Å². The fourth-order valence-electron chi connectivity index (χ4n) is 3.38. The number of aryl methyl sites for hydroxylation is 2. The van der Waals surface area contributed by atoms with E-state index in [-0.39, 0.29) is 5.91 Å². The van der Waals surface area contributed by atoms with Gasteiger partial charge in [-0.15, -0.1) is 11.3 Å². The molecule has 156 valence electrons. The summed E-state index contributed by atoms with van der Waals surface area (Å²) in [4.78, 5) is 20.9. The summed E-state index contributed by atoms with van der Waals surface area (Å²) < 4.78 is 8.69. The number of thiophene rings is 1. The first kappa shape index (κ1) is 20.6. The van der Waals surface area contributed by atoms with Crippen LogP contribution < -0.4 is 9.64 Å². The van der Waals surface area contributed by atoms with Gasteiger partial charge in [0, 0.05) is 17.1 Å². The van der Waals surface area contributed by atoms with Gasteiger partial charge in [0.2, 0.25) is 5.91 Å². The standard InChI is InChI=1S/C22H24N4O2S2/c1-4-28-18-8-5-9-19-21(18)23-22(30-19)25(20(27)14-17-7-6-12-29-17)10-11-26-16(3)13-15(2)24-26/h5-9,12-13H,4,10-11,14H2,1-3H3. The van der Waals surface area contributed by atoms with Crippen LogP contribution in [0.25, 0.3) is 10.2 Å². The summed E-state index contributed by atoms with van der Waals surface area (Å²) >= 11 is 3.11. The molecule has 4 aromatic rings. The first-order valence-corrected chi connectivity index (χ1v) is 11.6. The highest BCUT2D eigenvalue weighted by Gasteiger charge is 2.22. The molecule has 0 saturated heterocycles. The molecule has 3 aromatic heterocycles. The first-order chi connectivity index (χ1) is 14.5. The Labute approximate surface area is 183 Å². The predicted molar refractivity (Wildman–Crippen MR) is 123 cm³/mol. The second-order valence-corrected chi connectivity index (χ2v) is 9.03. The van der Waals surface area contributed by atoms with E-state index in [2.05, 4.69) is 5.10 Å². The summed E-state index contributed by atoms with van der Waals surface area (Å²) in [6.45, 7) is 7.66. The molecule has 0 aliphatic rings. The van der Waals surface area contributed by atoms with Crippen molar-refractivity contribution in [3.63, 3.8) is 0 Å². The Morgan fingerprint density at radius 1 is 1.23 bits per heavy atom. The van der Waals surface area contributed by atoms with Crippen molar-refractivity contribution in [2.24, 2.45) is 0 Å². The van der Waals surface area contributed by atoms with Crippen LogP contribution in [-0.2, 0) is 17.8 Å². The molecule has 1 aromatic carbocycles. The molecule has 0 aliphatic heterocycles. The van der Waals surface area contributed by atoms with Gasteiger partial charge in [0.25, 0.3) is 0 Å². The molecule has 8 heteroatoms. The third kappa shape index (κ3) is 4.39. The average molecular weight is 441 g/mol. The SMILES string of the molecule is CCOc1cccc2sc(N(CCn3nc(C)cc3C)C(=O)Cc3cccs3)nc12. The van der Waals surface area contributed by atoms with E-state index in [9.17, 15) is 4.79 Å². The van der Waals surface area contributed by atoms with Crippen molar-refractivity contribution >= 4 is 43.9 Å². The topological polar surface area (TPSA) is 60.2 Å². The number of carbonyl (C=O) groups excluding carboxylic acids is 1. The molecule has 0 radical (unpaired) electrons. The average Bonchev–Trinajstić information content (AvgIpc) is 3.43. The molecule has 1 amide bonds. The highest BCUT2D eigenvalue weighted by molar-refractivity contribution is 7.22. The molecular weight excluding hydrogens is 416 g/mol. The van der Waals surface area contributed by atoms with Crippen molar-refractivity contribution in [1.82, 2.24) is 14.8 Å². The Morgan fingerprint density at radius 2 is 2.10 bits per heavy atom. The molecule has 0 atom stereocenters. The van der Waals surface area contributed by atoms with E-state index < -0.39 is 0 Å². The number of benzene rings is 1.